The van der Waals surface area contributed by atoms with Crippen LogP contribution in [0.1, 0.15) is 18.1 Å². The zero-order valence-electron chi connectivity index (χ0n) is 18.4. The first-order chi connectivity index (χ1) is 15.6. The van der Waals surface area contributed by atoms with Gasteiger partial charge in [0.2, 0.25) is 5.91 Å². The van der Waals surface area contributed by atoms with E-state index >= 15 is 0 Å². The normalized spacial score (nSPS) is 15.6. The fraction of sp³-hybridized carbons (Fsp3) is 0.259. The molecule has 0 aromatic heterocycles. The van der Waals surface area contributed by atoms with Crippen molar-refractivity contribution in [3.8, 4) is 17.2 Å². The number of para-hydroxylation sites is 1. The molecule has 0 radical (unpaired) electrons. The lowest BCUT2D eigenvalue weighted by molar-refractivity contribution is -0.121. The number of anilines is 1. The van der Waals surface area contributed by atoms with Crippen molar-refractivity contribution in [1.29, 1.82) is 5.26 Å². The Morgan fingerprint density at radius 3 is 2.28 bits per heavy atom. The Morgan fingerprint density at radius 1 is 0.938 bits per heavy atom. The summed E-state index contributed by atoms with van der Waals surface area (Å²) in [5.41, 5.74) is 4.86. The van der Waals surface area contributed by atoms with Gasteiger partial charge in [-0.25, -0.2) is 0 Å². The molecule has 0 bridgehead atoms. The number of piperazine rings is 1. The topological polar surface area (TPSA) is 59.4 Å². The number of carbonyl (C=O) groups is 1. The summed E-state index contributed by atoms with van der Waals surface area (Å²) < 4.78 is 0. The maximum Gasteiger partial charge on any atom is 0.241 e. The Kier molecular flexibility index (Phi) is 6.96. The van der Waals surface area contributed by atoms with E-state index in [0.29, 0.717) is 5.56 Å². The average molecular weight is 425 g/mol. The number of nitriles is 1. The third-order valence-corrected chi connectivity index (χ3v) is 6.09. The summed E-state index contributed by atoms with van der Waals surface area (Å²) in [5.74, 6) is 0.0222. The van der Waals surface area contributed by atoms with Crippen LogP contribution in [-0.4, -0.2) is 47.9 Å². The van der Waals surface area contributed by atoms with Crippen LogP contribution in [0.2, 0.25) is 0 Å². The van der Waals surface area contributed by atoms with Crippen LogP contribution in [0.4, 0.5) is 5.69 Å². The third kappa shape index (κ3) is 5.23. The highest BCUT2D eigenvalue weighted by Gasteiger charge is 2.26. The maximum atomic E-state index is 13.0. The van der Waals surface area contributed by atoms with Gasteiger partial charge in [0.25, 0.3) is 0 Å². The van der Waals surface area contributed by atoms with Gasteiger partial charge in [0.1, 0.15) is 0 Å². The number of hydrogen-bond donors (Lipinski definition) is 1. The summed E-state index contributed by atoms with van der Waals surface area (Å²) >= 11 is 0. The lowest BCUT2D eigenvalue weighted by atomic mass is 10.0. The summed E-state index contributed by atoms with van der Waals surface area (Å²) in [5, 5.41) is 12.1. The zero-order valence-corrected chi connectivity index (χ0v) is 18.4. The number of benzene rings is 3. The molecular weight excluding hydrogens is 396 g/mol. The van der Waals surface area contributed by atoms with Gasteiger partial charge < -0.3 is 5.32 Å². The SMILES string of the molecule is C[C@@H](C(=O)Nc1ccccc1-c1ccccc1)N1CCN(Cc2ccc(C#N)cc2)CC1. The quantitative estimate of drug-likeness (QED) is 0.638. The molecule has 5 nitrogen and oxygen atoms in total. The second kappa shape index (κ2) is 10.2. The molecule has 1 N–H and O–H groups in total. The minimum Gasteiger partial charge on any atom is -0.324 e. The van der Waals surface area contributed by atoms with E-state index in [2.05, 4.69) is 33.3 Å². The predicted molar refractivity (Wildman–Crippen MR) is 128 cm³/mol. The first-order valence-corrected chi connectivity index (χ1v) is 11.0. The van der Waals surface area contributed by atoms with E-state index in [1.54, 1.807) is 0 Å². The molecule has 1 atom stereocenters. The van der Waals surface area contributed by atoms with E-state index in [-0.39, 0.29) is 11.9 Å². The van der Waals surface area contributed by atoms with Crippen molar-refractivity contribution in [1.82, 2.24) is 9.80 Å². The molecule has 0 aliphatic carbocycles. The molecule has 3 aromatic rings. The van der Waals surface area contributed by atoms with Crippen molar-refractivity contribution in [2.75, 3.05) is 31.5 Å². The van der Waals surface area contributed by atoms with Gasteiger partial charge in [0.05, 0.1) is 17.7 Å². The molecule has 0 saturated carbocycles. The first kappa shape index (κ1) is 21.8. The van der Waals surface area contributed by atoms with Gasteiger partial charge in [0, 0.05) is 44.0 Å². The lowest BCUT2D eigenvalue weighted by Crippen LogP contribution is -2.52. The molecule has 32 heavy (non-hydrogen) atoms. The Balaban J connectivity index is 1.33. The zero-order chi connectivity index (χ0) is 22.3. The molecule has 1 aliphatic rings. The van der Waals surface area contributed by atoms with Crippen LogP contribution in [-0.2, 0) is 11.3 Å². The van der Waals surface area contributed by atoms with Crippen LogP contribution < -0.4 is 5.32 Å². The molecular formula is C27H28N4O. The van der Waals surface area contributed by atoms with E-state index in [0.717, 1.165) is 49.5 Å². The molecule has 1 saturated heterocycles. The molecule has 5 heteroatoms. The Hall–Kier alpha value is -3.46. The van der Waals surface area contributed by atoms with E-state index in [9.17, 15) is 4.79 Å². The van der Waals surface area contributed by atoms with Gasteiger partial charge in [-0.15, -0.1) is 0 Å². The van der Waals surface area contributed by atoms with E-state index < -0.39 is 0 Å². The van der Waals surface area contributed by atoms with E-state index in [1.807, 2.05) is 73.7 Å². The van der Waals surface area contributed by atoms with Crippen LogP contribution >= 0.6 is 0 Å². The van der Waals surface area contributed by atoms with Crippen LogP contribution in [0.15, 0.2) is 78.9 Å². The number of amides is 1. The molecule has 162 valence electrons. The Morgan fingerprint density at radius 2 is 1.59 bits per heavy atom. The highest BCUT2D eigenvalue weighted by atomic mass is 16.2. The number of nitrogens with one attached hydrogen (secondary N) is 1. The molecule has 0 spiro atoms. The molecule has 1 heterocycles. The second-order valence-electron chi connectivity index (χ2n) is 8.20. The van der Waals surface area contributed by atoms with Crippen molar-refractivity contribution in [2.24, 2.45) is 0 Å². The summed E-state index contributed by atoms with van der Waals surface area (Å²) in [6.45, 7) is 6.38. The van der Waals surface area contributed by atoms with Crippen molar-refractivity contribution in [2.45, 2.75) is 19.5 Å². The molecule has 4 rings (SSSR count). The monoisotopic (exact) mass is 424 g/mol. The van der Waals surface area contributed by atoms with Crippen molar-refractivity contribution >= 4 is 11.6 Å². The second-order valence-corrected chi connectivity index (χ2v) is 8.20. The van der Waals surface area contributed by atoms with Gasteiger partial charge in [0.15, 0.2) is 0 Å². The molecule has 0 unspecified atom stereocenters. The first-order valence-electron chi connectivity index (χ1n) is 11.0. The van der Waals surface area contributed by atoms with E-state index in [1.165, 1.54) is 5.56 Å². The van der Waals surface area contributed by atoms with Gasteiger partial charge in [-0.3, -0.25) is 14.6 Å². The average Bonchev–Trinajstić information content (AvgIpc) is 2.85. The van der Waals surface area contributed by atoms with Crippen LogP contribution in [0.3, 0.4) is 0 Å². The van der Waals surface area contributed by atoms with Gasteiger partial charge >= 0.3 is 0 Å². The van der Waals surface area contributed by atoms with Crippen molar-refractivity contribution < 1.29 is 4.79 Å². The predicted octanol–water partition coefficient (Wildman–Crippen LogP) is 4.37. The number of carbonyl (C=O) groups excluding carboxylic acids is 1. The van der Waals surface area contributed by atoms with Gasteiger partial charge in [-0.1, -0.05) is 60.7 Å². The number of nitrogens with zero attached hydrogens (tertiary/aromatic N) is 3. The van der Waals surface area contributed by atoms with Gasteiger partial charge in [-0.2, -0.15) is 5.26 Å². The Labute approximate surface area is 189 Å². The summed E-state index contributed by atoms with van der Waals surface area (Å²) in [6, 6.07) is 27.8. The Bertz CT molecular complexity index is 1080. The minimum atomic E-state index is -0.198. The standard InChI is InChI=1S/C27H28N4O/c1-21(27(32)29-26-10-6-5-9-25(26)24-7-3-2-4-8-24)31-17-15-30(16-18-31)20-23-13-11-22(19-28)12-14-23/h2-14,21H,15-18,20H2,1H3,(H,29,32)/t21-/m0/s1. The molecule has 1 amide bonds. The molecule has 3 aromatic carbocycles. The van der Waals surface area contributed by atoms with Gasteiger partial charge in [-0.05, 0) is 36.2 Å². The smallest absolute Gasteiger partial charge is 0.241 e. The highest BCUT2D eigenvalue weighted by molar-refractivity contribution is 5.98. The largest absolute Gasteiger partial charge is 0.324 e. The third-order valence-electron chi connectivity index (χ3n) is 6.09. The maximum absolute atomic E-state index is 13.0. The van der Waals surface area contributed by atoms with Crippen LogP contribution in [0.5, 0.6) is 0 Å². The number of hydrogen-bond acceptors (Lipinski definition) is 4. The molecule has 1 aliphatic heterocycles. The van der Waals surface area contributed by atoms with Crippen LogP contribution in [0, 0.1) is 11.3 Å². The fourth-order valence-corrected chi connectivity index (χ4v) is 4.12. The summed E-state index contributed by atoms with van der Waals surface area (Å²) in [4.78, 5) is 17.7. The fourth-order valence-electron chi connectivity index (χ4n) is 4.12. The van der Waals surface area contributed by atoms with Crippen LogP contribution in [0.25, 0.3) is 11.1 Å². The number of rotatable bonds is 6. The van der Waals surface area contributed by atoms with E-state index in [4.69, 9.17) is 5.26 Å². The van der Waals surface area contributed by atoms with Crippen molar-refractivity contribution in [3.05, 3.63) is 90.0 Å². The van der Waals surface area contributed by atoms with Crippen molar-refractivity contribution in [3.63, 3.8) is 0 Å². The molecule has 1 fully saturated rings. The highest BCUT2D eigenvalue weighted by Crippen LogP contribution is 2.27. The summed E-state index contributed by atoms with van der Waals surface area (Å²) in [7, 11) is 0. The minimum absolute atomic E-state index is 0.0222. The summed E-state index contributed by atoms with van der Waals surface area (Å²) in [6.07, 6.45) is 0. The lowest BCUT2D eigenvalue weighted by Gasteiger charge is -2.37.